The number of hydrogen-bond donors (Lipinski definition) is 1. The summed E-state index contributed by atoms with van der Waals surface area (Å²) in [4.78, 5) is 15.8. The van der Waals surface area contributed by atoms with Gasteiger partial charge in [-0.3, -0.25) is 14.9 Å². The van der Waals surface area contributed by atoms with Crippen LogP contribution >= 0.6 is 0 Å². The summed E-state index contributed by atoms with van der Waals surface area (Å²) >= 11 is 0. The van der Waals surface area contributed by atoms with E-state index >= 15 is 0 Å². The zero-order valence-electron chi connectivity index (χ0n) is 17.2. The molecule has 6 heteroatoms. The molecule has 2 aromatic heterocycles. The molecule has 1 aromatic carbocycles. The van der Waals surface area contributed by atoms with E-state index in [0.717, 1.165) is 48.2 Å². The minimum Gasteiger partial charge on any atom is -0.496 e. The molecule has 0 radical (unpaired) electrons. The summed E-state index contributed by atoms with van der Waals surface area (Å²) in [6.45, 7) is 6.04. The Balaban J connectivity index is 1.57. The van der Waals surface area contributed by atoms with Gasteiger partial charge in [-0.25, -0.2) is 4.98 Å². The molecule has 3 heterocycles. The summed E-state index contributed by atoms with van der Waals surface area (Å²) in [5, 5.41) is 3.35. The van der Waals surface area contributed by atoms with Crippen molar-refractivity contribution in [1.82, 2.24) is 19.9 Å². The molecule has 1 N–H and O–H groups in total. The molecule has 0 aliphatic carbocycles. The van der Waals surface area contributed by atoms with Gasteiger partial charge in [0, 0.05) is 35.9 Å². The highest BCUT2D eigenvalue weighted by molar-refractivity contribution is 5.56. The van der Waals surface area contributed by atoms with Crippen LogP contribution in [-0.2, 0) is 6.54 Å². The van der Waals surface area contributed by atoms with E-state index in [4.69, 9.17) is 9.72 Å². The maximum atomic E-state index is 5.62. The van der Waals surface area contributed by atoms with E-state index in [0.29, 0.717) is 6.04 Å². The highest BCUT2D eigenvalue weighted by Crippen LogP contribution is 2.35. The van der Waals surface area contributed by atoms with Crippen LogP contribution in [0.5, 0.6) is 5.75 Å². The van der Waals surface area contributed by atoms with Crippen molar-refractivity contribution in [3.05, 3.63) is 71.4 Å². The molecular weight excluding hydrogens is 362 g/mol. The van der Waals surface area contributed by atoms with Crippen LogP contribution in [0.2, 0.25) is 0 Å². The fourth-order valence-corrected chi connectivity index (χ4v) is 4.00. The van der Waals surface area contributed by atoms with E-state index in [2.05, 4.69) is 51.4 Å². The van der Waals surface area contributed by atoms with Gasteiger partial charge in [0.15, 0.2) is 0 Å². The number of anilines is 2. The Morgan fingerprint density at radius 2 is 2.07 bits per heavy atom. The first-order chi connectivity index (χ1) is 14.1. The average molecular weight is 390 g/mol. The molecule has 0 spiro atoms. The van der Waals surface area contributed by atoms with Crippen molar-refractivity contribution in [2.75, 3.05) is 19.0 Å². The van der Waals surface area contributed by atoms with E-state index in [1.54, 1.807) is 25.7 Å². The second-order valence-electron chi connectivity index (χ2n) is 7.58. The molecule has 1 saturated heterocycles. The number of pyridine rings is 1. The lowest BCUT2D eigenvalue weighted by atomic mass is 10.1. The van der Waals surface area contributed by atoms with Gasteiger partial charge in [-0.15, -0.1) is 0 Å². The highest BCUT2D eigenvalue weighted by atomic mass is 16.5. The van der Waals surface area contributed by atoms with Crippen molar-refractivity contribution in [2.45, 2.75) is 39.3 Å². The van der Waals surface area contributed by atoms with Gasteiger partial charge in [0.1, 0.15) is 11.6 Å². The van der Waals surface area contributed by atoms with Gasteiger partial charge in [-0.2, -0.15) is 0 Å². The topological polar surface area (TPSA) is 63.2 Å². The summed E-state index contributed by atoms with van der Waals surface area (Å²) in [6, 6.07) is 10.9. The quantitative estimate of drug-likeness (QED) is 0.666. The third-order valence-corrected chi connectivity index (χ3v) is 5.33. The number of nitrogens with zero attached hydrogens (tertiary/aromatic N) is 4. The largest absolute Gasteiger partial charge is 0.496 e. The Kier molecular flexibility index (Phi) is 5.71. The Morgan fingerprint density at radius 3 is 2.86 bits per heavy atom. The van der Waals surface area contributed by atoms with E-state index in [9.17, 15) is 0 Å². The van der Waals surface area contributed by atoms with Crippen LogP contribution < -0.4 is 10.1 Å². The maximum Gasteiger partial charge on any atom is 0.148 e. The fourth-order valence-electron chi connectivity index (χ4n) is 4.00. The number of ether oxygens (including phenoxy) is 1. The molecule has 29 heavy (non-hydrogen) atoms. The normalized spacial score (nSPS) is 16.7. The van der Waals surface area contributed by atoms with Crippen LogP contribution in [0.4, 0.5) is 11.5 Å². The van der Waals surface area contributed by atoms with Crippen molar-refractivity contribution in [3.63, 3.8) is 0 Å². The van der Waals surface area contributed by atoms with Crippen LogP contribution in [0.15, 0.2) is 48.9 Å². The van der Waals surface area contributed by atoms with E-state index < -0.39 is 0 Å². The smallest absolute Gasteiger partial charge is 0.148 e. The highest BCUT2D eigenvalue weighted by Gasteiger charge is 2.28. The lowest BCUT2D eigenvalue weighted by Gasteiger charge is -2.25. The molecule has 1 aliphatic rings. The summed E-state index contributed by atoms with van der Waals surface area (Å²) in [5.74, 6) is 1.69. The first kappa shape index (κ1) is 19.3. The van der Waals surface area contributed by atoms with E-state index in [1.165, 1.54) is 17.5 Å². The second kappa shape index (κ2) is 8.57. The van der Waals surface area contributed by atoms with Gasteiger partial charge in [-0.1, -0.05) is 12.1 Å². The Labute approximate surface area is 172 Å². The van der Waals surface area contributed by atoms with Crippen LogP contribution in [0.3, 0.4) is 0 Å². The van der Waals surface area contributed by atoms with Crippen LogP contribution in [0.25, 0.3) is 0 Å². The zero-order chi connectivity index (χ0) is 20.2. The SMILES string of the molecule is COc1cc(C)ccc1CN1CCC[C@H]1c1cc(Nc2cnccn2)cc(C)n1. The Bertz CT molecular complexity index is 976. The predicted molar refractivity (Wildman–Crippen MR) is 114 cm³/mol. The summed E-state index contributed by atoms with van der Waals surface area (Å²) in [5.41, 5.74) is 5.51. The minimum absolute atomic E-state index is 0.295. The molecule has 150 valence electrons. The summed E-state index contributed by atoms with van der Waals surface area (Å²) in [7, 11) is 1.74. The molecule has 0 unspecified atom stereocenters. The fraction of sp³-hybridized carbons (Fsp3) is 0.348. The summed E-state index contributed by atoms with van der Waals surface area (Å²) in [6.07, 6.45) is 7.35. The van der Waals surface area contributed by atoms with Crippen molar-refractivity contribution in [1.29, 1.82) is 0 Å². The average Bonchev–Trinajstić information content (AvgIpc) is 3.18. The Hall–Kier alpha value is -2.99. The monoisotopic (exact) mass is 389 g/mol. The number of nitrogens with one attached hydrogen (secondary N) is 1. The van der Waals surface area contributed by atoms with Gasteiger partial charge in [0.2, 0.25) is 0 Å². The molecule has 1 atom stereocenters. The number of aryl methyl sites for hydroxylation is 2. The number of likely N-dealkylation sites (tertiary alicyclic amines) is 1. The van der Waals surface area contributed by atoms with Crippen LogP contribution in [0.1, 0.15) is 41.4 Å². The van der Waals surface area contributed by atoms with Crippen molar-refractivity contribution < 1.29 is 4.74 Å². The van der Waals surface area contributed by atoms with Gasteiger partial charge in [0.05, 0.1) is 25.0 Å². The molecule has 3 aromatic rings. The van der Waals surface area contributed by atoms with E-state index in [1.807, 2.05) is 13.0 Å². The molecular formula is C23H27N5O. The van der Waals surface area contributed by atoms with Gasteiger partial charge >= 0.3 is 0 Å². The predicted octanol–water partition coefficient (Wildman–Crippen LogP) is 4.58. The lowest BCUT2D eigenvalue weighted by molar-refractivity contribution is 0.240. The number of methoxy groups -OCH3 is 1. The maximum absolute atomic E-state index is 5.62. The van der Waals surface area contributed by atoms with Gasteiger partial charge in [0.25, 0.3) is 0 Å². The second-order valence-corrected chi connectivity index (χ2v) is 7.58. The first-order valence-electron chi connectivity index (χ1n) is 10.0. The number of aromatic nitrogens is 3. The molecule has 0 bridgehead atoms. The lowest BCUT2D eigenvalue weighted by Crippen LogP contribution is -2.24. The van der Waals surface area contributed by atoms with Crippen LogP contribution in [-0.4, -0.2) is 33.5 Å². The molecule has 6 nitrogen and oxygen atoms in total. The van der Waals surface area contributed by atoms with Gasteiger partial charge in [-0.05, 0) is 57.0 Å². The first-order valence-corrected chi connectivity index (χ1v) is 10.0. The molecule has 1 fully saturated rings. The number of hydrogen-bond acceptors (Lipinski definition) is 6. The standard InChI is InChI=1S/C23H27N5O/c1-16-6-7-18(22(11-16)29-3)15-28-10-4-5-21(28)20-13-19(12-17(2)26-20)27-23-14-24-8-9-25-23/h6-9,11-14,21H,4-5,10,15H2,1-3H3,(H,25,26,27)/t21-/m0/s1. The summed E-state index contributed by atoms with van der Waals surface area (Å²) < 4.78 is 5.62. The zero-order valence-corrected chi connectivity index (χ0v) is 17.2. The van der Waals surface area contributed by atoms with Crippen molar-refractivity contribution >= 4 is 11.5 Å². The van der Waals surface area contributed by atoms with Gasteiger partial charge < -0.3 is 10.1 Å². The minimum atomic E-state index is 0.295. The molecule has 0 amide bonds. The molecule has 1 aliphatic heterocycles. The number of rotatable bonds is 6. The third kappa shape index (κ3) is 4.54. The van der Waals surface area contributed by atoms with Crippen molar-refractivity contribution in [3.8, 4) is 5.75 Å². The Morgan fingerprint density at radius 1 is 1.17 bits per heavy atom. The molecule has 4 rings (SSSR count). The van der Waals surface area contributed by atoms with Crippen LogP contribution in [0, 0.1) is 13.8 Å². The molecule has 0 saturated carbocycles. The third-order valence-electron chi connectivity index (χ3n) is 5.33. The van der Waals surface area contributed by atoms with Crippen molar-refractivity contribution in [2.24, 2.45) is 0 Å². The number of benzene rings is 1. The van der Waals surface area contributed by atoms with E-state index in [-0.39, 0.29) is 0 Å².